The average Bonchev–Trinajstić information content (AvgIpc) is 2.43. The molecular weight excluding hydrogens is 334 g/mol. The topological polar surface area (TPSA) is 67.2 Å². The molecular formula is C15H22BrN3O2. The van der Waals surface area contributed by atoms with Crippen molar-refractivity contribution in [3.63, 3.8) is 0 Å². The highest BCUT2D eigenvalue weighted by Gasteiger charge is 2.23. The first-order chi connectivity index (χ1) is 10.1. The van der Waals surface area contributed by atoms with Gasteiger partial charge in [0.25, 0.3) is 5.56 Å². The molecule has 1 aromatic heterocycles. The zero-order valence-corrected chi connectivity index (χ0v) is 13.7. The molecule has 0 unspecified atom stereocenters. The first-order valence-electron chi connectivity index (χ1n) is 7.83. The number of aliphatic hydroxyl groups excluding tert-OH is 1. The van der Waals surface area contributed by atoms with E-state index in [0.29, 0.717) is 11.6 Å². The van der Waals surface area contributed by atoms with Crippen molar-refractivity contribution in [2.24, 2.45) is 5.92 Å². The van der Waals surface area contributed by atoms with Gasteiger partial charge >= 0.3 is 0 Å². The summed E-state index contributed by atoms with van der Waals surface area (Å²) < 4.78 is 2.32. The summed E-state index contributed by atoms with van der Waals surface area (Å²) in [7, 11) is 0. The van der Waals surface area contributed by atoms with Crippen molar-refractivity contribution in [1.29, 1.82) is 0 Å². The second-order valence-electron chi connectivity index (χ2n) is 6.30. The number of hydrogen-bond donors (Lipinski definition) is 2. The number of nitrogens with one attached hydrogen (secondary N) is 1. The monoisotopic (exact) mass is 355 g/mol. The fourth-order valence-electron chi connectivity index (χ4n) is 3.07. The van der Waals surface area contributed by atoms with Crippen LogP contribution < -0.4 is 10.9 Å². The summed E-state index contributed by atoms with van der Waals surface area (Å²) in [4.78, 5) is 12.6. The molecule has 3 rings (SSSR count). The van der Waals surface area contributed by atoms with E-state index in [-0.39, 0.29) is 17.7 Å². The van der Waals surface area contributed by atoms with Gasteiger partial charge in [-0.3, -0.25) is 4.79 Å². The Hall–Kier alpha value is -0.880. The van der Waals surface area contributed by atoms with E-state index < -0.39 is 0 Å². The molecule has 2 aliphatic rings. The predicted molar refractivity (Wildman–Crippen MR) is 85.4 cm³/mol. The second kappa shape index (κ2) is 6.48. The van der Waals surface area contributed by atoms with Crippen LogP contribution in [0.1, 0.15) is 44.9 Å². The molecule has 2 fully saturated rings. The minimum absolute atomic E-state index is 0.0394. The summed E-state index contributed by atoms with van der Waals surface area (Å²) in [5, 5.41) is 17.2. The molecule has 1 aromatic rings. The van der Waals surface area contributed by atoms with E-state index in [4.69, 9.17) is 0 Å². The molecule has 0 radical (unpaired) electrons. The summed E-state index contributed by atoms with van der Waals surface area (Å²) >= 11 is 3.43. The number of aliphatic hydroxyl groups is 1. The Kier molecular flexibility index (Phi) is 4.64. The van der Waals surface area contributed by atoms with Crippen molar-refractivity contribution >= 4 is 21.6 Å². The highest BCUT2D eigenvalue weighted by molar-refractivity contribution is 9.10. The van der Waals surface area contributed by atoms with Crippen LogP contribution in [0.4, 0.5) is 5.69 Å². The van der Waals surface area contributed by atoms with E-state index in [0.717, 1.165) is 36.7 Å². The normalized spacial score (nSPS) is 26.4. The Labute approximate surface area is 132 Å². The van der Waals surface area contributed by atoms with Gasteiger partial charge in [-0.25, -0.2) is 4.68 Å². The molecule has 0 atom stereocenters. The first-order valence-corrected chi connectivity index (χ1v) is 8.63. The van der Waals surface area contributed by atoms with Crippen molar-refractivity contribution in [2.45, 2.75) is 63.6 Å². The molecule has 2 N–H and O–H groups in total. The summed E-state index contributed by atoms with van der Waals surface area (Å²) in [6.07, 6.45) is 8.61. The number of halogens is 1. The van der Waals surface area contributed by atoms with Gasteiger partial charge in [-0.15, -0.1) is 0 Å². The maximum atomic E-state index is 12.6. The van der Waals surface area contributed by atoms with Gasteiger partial charge in [0.05, 0.1) is 16.8 Å². The van der Waals surface area contributed by atoms with Crippen LogP contribution in [0.15, 0.2) is 15.5 Å². The molecule has 0 bridgehead atoms. The van der Waals surface area contributed by atoms with E-state index in [1.165, 1.54) is 19.3 Å². The number of rotatable bonds is 4. The lowest BCUT2D eigenvalue weighted by Crippen LogP contribution is -2.34. The van der Waals surface area contributed by atoms with E-state index in [2.05, 4.69) is 26.3 Å². The molecule has 0 spiro atoms. The van der Waals surface area contributed by atoms with Crippen LogP contribution in [0.5, 0.6) is 0 Å². The van der Waals surface area contributed by atoms with E-state index >= 15 is 0 Å². The molecule has 2 saturated carbocycles. The second-order valence-corrected chi connectivity index (χ2v) is 7.16. The minimum atomic E-state index is -0.181. The third-order valence-corrected chi connectivity index (χ3v) is 5.30. The van der Waals surface area contributed by atoms with E-state index in [1.54, 1.807) is 10.9 Å². The van der Waals surface area contributed by atoms with Crippen LogP contribution >= 0.6 is 15.9 Å². The van der Waals surface area contributed by atoms with E-state index in [1.807, 2.05) is 0 Å². The quantitative estimate of drug-likeness (QED) is 0.870. The summed E-state index contributed by atoms with van der Waals surface area (Å²) in [6.45, 7) is 0.726. The van der Waals surface area contributed by atoms with E-state index in [9.17, 15) is 9.90 Å². The maximum Gasteiger partial charge on any atom is 0.291 e. The van der Waals surface area contributed by atoms with Crippen molar-refractivity contribution in [3.05, 3.63) is 21.0 Å². The van der Waals surface area contributed by atoms with Crippen LogP contribution in [0, 0.1) is 5.92 Å². The number of nitrogens with zero attached hydrogens (tertiary/aromatic N) is 2. The molecule has 0 saturated heterocycles. The van der Waals surface area contributed by atoms with Gasteiger partial charge in [0, 0.05) is 12.6 Å². The number of hydrogen-bond acceptors (Lipinski definition) is 4. The summed E-state index contributed by atoms with van der Waals surface area (Å²) in [5.41, 5.74) is 0.577. The lowest BCUT2D eigenvalue weighted by Gasteiger charge is -2.28. The van der Waals surface area contributed by atoms with Gasteiger partial charge in [0.2, 0.25) is 0 Å². The molecule has 116 valence electrons. The third kappa shape index (κ3) is 3.48. The van der Waals surface area contributed by atoms with Gasteiger partial charge < -0.3 is 10.4 Å². The molecule has 0 amide bonds. The molecule has 21 heavy (non-hydrogen) atoms. The molecule has 6 heteroatoms. The van der Waals surface area contributed by atoms with Gasteiger partial charge in [-0.2, -0.15) is 5.10 Å². The lowest BCUT2D eigenvalue weighted by atomic mass is 9.85. The molecule has 2 aliphatic carbocycles. The highest BCUT2D eigenvalue weighted by atomic mass is 79.9. The lowest BCUT2D eigenvalue weighted by molar-refractivity contribution is 0.126. The maximum absolute atomic E-state index is 12.6. The van der Waals surface area contributed by atoms with Gasteiger partial charge in [-0.1, -0.05) is 6.42 Å². The van der Waals surface area contributed by atoms with Crippen LogP contribution in [0.3, 0.4) is 0 Å². The largest absolute Gasteiger partial charge is 0.393 e. The smallest absolute Gasteiger partial charge is 0.291 e. The third-order valence-electron chi connectivity index (χ3n) is 4.70. The average molecular weight is 356 g/mol. The standard InChI is InChI=1S/C15H22BrN3O2/c16-13-8-17-19(9-10-2-1-3-10)15(21)14(13)18-11-4-6-12(20)7-5-11/h8,10-12,18,20H,1-7,9H2. The van der Waals surface area contributed by atoms with Crippen molar-refractivity contribution in [3.8, 4) is 0 Å². The molecule has 0 aromatic carbocycles. The van der Waals surface area contributed by atoms with Gasteiger partial charge in [0.1, 0.15) is 5.69 Å². The summed E-state index contributed by atoms with van der Waals surface area (Å²) in [6, 6.07) is 0.261. The Bertz CT molecular complexity index is 548. The van der Waals surface area contributed by atoms with Crippen LogP contribution in [0.25, 0.3) is 0 Å². The fourth-order valence-corrected chi connectivity index (χ4v) is 3.45. The zero-order valence-electron chi connectivity index (χ0n) is 12.1. The number of aromatic nitrogens is 2. The van der Waals surface area contributed by atoms with Crippen LogP contribution in [-0.4, -0.2) is 27.0 Å². The van der Waals surface area contributed by atoms with Crippen molar-refractivity contribution in [2.75, 3.05) is 5.32 Å². The van der Waals surface area contributed by atoms with Gasteiger partial charge in [-0.05, 0) is 60.4 Å². The van der Waals surface area contributed by atoms with Crippen LogP contribution in [0.2, 0.25) is 0 Å². The molecule has 5 nitrogen and oxygen atoms in total. The SMILES string of the molecule is O=c1c(NC2CCC(O)CC2)c(Br)cnn1CC1CCC1. The van der Waals surface area contributed by atoms with Gasteiger partial charge in [0.15, 0.2) is 0 Å². The Balaban J connectivity index is 1.73. The predicted octanol–water partition coefficient (Wildman–Crippen LogP) is 2.52. The Morgan fingerprint density at radius 2 is 2.00 bits per heavy atom. The fraction of sp³-hybridized carbons (Fsp3) is 0.733. The highest BCUT2D eigenvalue weighted by Crippen LogP contribution is 2.28. The first kappa shape index (κ1) is 15.0. The molecule has 0 aliphatic heterocycles. The van der Waals surface area contributed by atoms with Crippen molar-refractivity contribution < 1.29 is 5.11 Å². The number of anilines is 1. The van der Waals surface area contributed by atoms with Crippen LogP contribution in [-0.2, 0) is 6.54 Å². The zero-order chi connectivity index (χ0) is 14.8. The molecule has 1 heterocycles. The van der Waals surface area contributed by atoms with Crippen molar-refractivity contribution in [1.82, 2.24) is 9.78 Å². The Morgan fingerprint density at radius 3 is 2.62 bits per heavy atom. The summed E-state index contributed by atoms with van der Waals surface area (Å²) in [5.74, 6) is 0.606. The Morgan fingerprint density at radius 1 is 1.29 bits per heavy atom. The minimum Gasteiger partial charge on any atom is -0.393 e.